The van der Waals surface area contributed by atoms with E-state index in [1.54, 1.807) is 0 Å². The Morgan fingerprint density at radius 3 is 2.20 bits per heavy atom. The summed E-state index contributed by atoms with van der Waals surface area (Å²) in [7, 11) is 0. The summed E-state index contributed by atoms with van der Waals surface area (Å²) in [6, 6.07) is -0.0401. The lowest BCUT2D eigenvalue weighted by molar-refractivity contribution is -0.165. The molecule has 88 valence electrons. The van der Waals surface area contributed by atoms with E-state index in [1.807, 2.05) is 0 Å². The Bertz CT molecular complexity index is 220. The summed E-state index contributed by atoms with van der Waals surface area (Å²) in [4.78, 5) is 11.2. The van der Waals surface area contributed by atoms with Gasteiger partial charge in [0.25, 0.3) is 0 Å². The summed E-state index contributed by atoms with van der Waals surface area (Å²) in [5.41, 5.74) is 5.81. The molecule has 0 aromatic carbocycles. The number of carbonyl (C=O) groups excluding carboxylic acids is 1. The van der Waals surface area contributed by atoms with Crippen LogP contribution in [0.4, 0.5) is 0 Å². The third-order valence-electron chi connectivity index (χ3n) is 3.37. The Labute approximate surface area is 92.4 Å². The number of hydrogen-bond donors (Lipinski definition) is 1. The SMILES string of the molecule is CC(=O)OC1(C(N)C(C)C)CCCCC1. The van der Waals surface area contributed by atoms with Gasteiger partial charge >= 0.3 is 5.97 Å². The lowest BCUT2D eigenvalue weighted by Crippen LogP contribution is -2.54. The average molecular weight is 213 g/mol. The van der Waals surface area contributed by atoms with Gasteiger partial charge in [0.15, 0.2) is 0 Å². The van der Waals surface area contributed by atoms with Crippen LogP contribution in [0.2, 0.25) is 0 Å². The van der Waals surface area contributed by atoms with Crippen LogP contribution in [0, 0.1) is 5.92 Å². The lowest BCUT2D eigenvalue weighted by atomic mass is 9.75. The predicted molar refractivity (Wildman–Crippen MR) is 60.4 cm³/mol. The largest absolute Gasteiger partial charge is 0.458 e. The van der Waals surface area contributed by atoms with Crippen molar-refractivity contribution in [2.45, 2.75) is 64.5 Å². The van der Waals surface area contributed by atoms with Gasteiger partial charge in [-0.1, -0.05) is 20.3 Å². The Hall–Kier alpha value is -0.570. The molecule has 1 unspecified atom stereocenters. The average Bonchev–Trinajstić information content (AvgIpc) is 2.16. The first-order valence-electron chi connectivity index (χ1n) is 5.93. The van der Waals surface area contributed by atoms with Crippen molar-refractivity contribution in [3.8, 4) is 0 Å². The smallest absolute Gasteiger partial charge is 0.303 e. The van der Waals surface area contributed by atoms with Gasteiger partial charge in [-0.25, -0.2) is 0 Å². The van der Waals surface area contributed by atoms with Gasteiger partial charge in [0.05, 0.1) is 0 Å². The molecule has 0 radical (unpaired) electrons. The van der Waals surface area contributed by atoms with Gasteiger partial charge in [0.2, 0.25) is 0 Å². The van der Waals surface area contributed by atoms with Crippen LogP contribution < -0.4 is 5.73 Å². The van der Waals surface area contributed by atoms with Gasteiger partial charge in [-0.2, -0.15) is 0 Å². The Morgan fingerprint density at radius 2 is 1.80 bits per heavy atom. The molecular weight excluding hydrogens is 190 g/mol. The van der Waals surface area contributed by atoms with Crippen LogP contribution in [0.1, 0.15) is 52.9 Å². The fourth-order valence-electron chi connectivity index (χ4n) is 2.55. The highest BCUT2D eigenvalue weighted by molar-refractivity contribution is 5.66. The second-order valence-electron chi connectivity index (χ2n) is 4.99. The van der Waals surface area contributed by atoms with E-state index >= 15 is 0 Å². The zero-order chi connectivity index (χ0) is 11.5. The van der Waals surface area contributed by atoms with E-state index in [4.69, 9.17) is 10.5 Å². The fraction of sp³-hybridized carbons (Fsp3) is 0.917. The first-order chi connectivity index (χ1) is 6.98. The highest BCUT2D eigenvalue weighted by atomic mass is 16.6. The van der Waals surface area contributed by atoms with E-state index in [1.165, 1.54) is 13.3 Å². The summed E-state index contributed by atoms with van der Waals surface area (Å²) in [5.74, 6) is 0.149. The van der Waals surface area contributed by atoms with Gasteiger partial charge in [-0.15, -0.1) is 0 Å². The highest BCUT2D eigenvalue weighted by Crippen LogP contribution is 2.36. The molecule has 0 amide bonds. The van der Waals surface area contributed by atoms with Crippen molar-refractivity contribution in [1.29, 1.82) is 0 Å². The first-order valence-corrected chi connectivity index (χ1v) is 5.93. The summed E-state index contributed by atoms with van der Waals surface area (Å²) in [6.45, 7) is 5.65. The number of hydrogen-bond acceptors (Lipinski definition) is 3. The molecule has 3 nitrogen and oxygen atoms in total. The molecule has 0 aromatic rings. The molecule has 3 heteroatoms. The monoisotopic (exact) mass is 213 g/mol. The van der Waals surface area contributed by atoms with E-state index in [-0.39, 0.29) is 12.0 Å². The Balaban J connectivity index is 2.78. The second kappa shape index (κ2) is 4.97. The zero-order valence-electron chi connectivity index (χ0n) is 10.1. The van der Waals surface area contributed by atoms with Crippen molar-refractivity contribution >= 4 is 5.97 Å². The molecule has 1 aliphatic rings. The molecule has 0 saturated heterocycles. The van der Waals surface area contributed by atoms with Crippen molar-refractivity contribution in [1.82, 2.24) is 0 Å². The molecular formula is C12H23NO2. The normalized spacial score (nSPS) is 22.5. The molecule has 0 aromatic heterocycles. The quantitative estimate of drug-likeness (QED) is 0.731. The summed E-state index contributed by atoms with van der Waals surface area (Å²) >= 11 is 0. The third-order valence-corrected chi connectivity index (χ3v) is 3.37. The van der Waals surface area contributed by atoms with Crippen molar-refractivity contribution in [3.05, 3.63) is 0 Å². The number of rotatable bonds is 3. The number of ether oxygens (including phenoxy) is 1. The van der Waals surface area contributed by atoms with Crippen LogP contribution >= 0.6 is 0 Å². The van der Waals surface area contributed by atoms with Gasteiger partial charge in [0, 0.05) is 13.0 Å². The molecule has 0 aliphatic heterocycles. The minimum absolute atomic E-state index is 0.0401. The summed E-state index contributed by atoms with van der Waals surface area (Å²) in [6.07, 6.45) is 5.31. The van der Waals surface area contributed by atoms with E-state index in [0.29, 0.717) is 5.92 Å². The van der Waals surface area contributed by atoms with Crippen LogP contribution in [0.3, 0.4) is 0 Å². The fourth-order valence-corrected chi connectivity index (χ4v) is 2.55. The van der Waals surface area contributed by atoms with E-state index in [0.717, 1.165) is 25.7 Å². The van der Waals surface area contributed by atoms with Gasteiger partial charge in [-0.05, 0) is 31.6 Å². The highest BCUT2D eigenvalue weighted by Gasteiger charge is 2.42. The standard InChI is InChI=1S/C12H23NO2/c1-9(2)11(13)12(15-10(3)14)7-5-4-6-8-12/h9,11H,4-8,13H2,1-3H3. The van der Waals surface area contributed by atoms with Gasteiger partial charge in [-0.3, -0.25) is 4.79 Å². The maximum Gasteiger partial charge on any atom is 0.303 e. The van der Waals surface area contributed by atoms with Crippen molar-refractivity contribution < 1.29 is 9.53 Å². The topological polar surface area (TPSA) is 52.3 Å². The second-order valence-corrected chi connectivity index (χ2v) is 4.99. The molecule has 15 heavy (non-hydrogen) atoms. The predicted octanol–water partition coefficient (Wildman–Crippen LogP) is 2.24. The van der Waals surface area contributed by atoms with E-state index in [9.17, 15) is 4.79 Å². The Morgan fingerprint density at radius 1 is 1.27 bits per heavy atom. The van der Waals surface area contributed by atoms with Crippen LogP contribution in [0.15, 0.2) is 0 Å². The maximum absolute atomic E-state index is 11.2. The molecule has 0 heterocycles. The van der Waals surface area contributed by atoms with Crippen LogP contribution in [0.25, 0.3) is 0 Å². The van der Waals surface area contributed by atoms with Gasteiger partial charge in [0.1, 0.15) is 5.60 Å². The van der Waals surface area contributed by atoms with Crippen LogP contribution in [-0.2, 0) is 9.53 Å². The molecule has 0 bridgehead atoms. The summed E-state index contributed by atoms with van der Waals surface area (Å²) in [5, 5.41) is 0. The molecule has 1 fully saturated rings. The minimum atomic E-state index is -0.391. The molecule has 1 rings (SSSR count). The first kappa shape index (κ1) is 12.5. The number of esters is 1. The van der Waals surface area contributed by atoms with Crippen LogP contribution in [-0.4, -0.2) is 17.6 Å². The van der Waals surface area contributed by atoms with Crippen molar-refractivity contribution in [3.63, 3.8) is 0 Å². The van der Waals surface area contributed by atoms with Crippen molar-refractivity contribution in [2.24, 2.45) is 11.7 Å². The minimum Gasteiger partial charge on any atom is -0.458 e. The van der Waals surface area contributed by atoms with E-state index < -0.39 is 5.60 Å². The maximum atomic E-state index is 11.2. The van der Waals surface area contributed by atoms with Crippen LogP contribution in [0.5, 0.6) is 0 Å². The molecule has 1 atom stereocenters. The number of carbonyl (C=O) groups is 1. The zero-order valence-corrected chi connectivity index (χ0v) is 10.1. The molecule has 1 aliphatic carbocycles. The van der Waals surface area contributed by atoms with Gasteiger partial charge < -0.3 is 10.5 Å². The molecule has 0 spiro atoms. The summed E-state index contributed by atoms with van der Waals surface area (Å²) < 4.78 is 5.54. The molecule has 2 N–H and O–H groups in total. The Kier molecular flexibility index (Phi) is 4.14. The lowest BCUT2D eigenvalue weighted by Gasteiger charge is -2.42. The third kappa shape index (κ3) is 2.94. The van der Waals surface area contributed by atoms with E-state index in [2.05, 4.69) is 13.8 Å². The number of nitrogens with two attached hydrogens (primary N) is 1. The van der Waals surface area contributed by atoms with Crippen molar-refractivity contribution in [2.75, 3.05) is 0 Å². The molecule has 1 saturated carbocycles.